The molecule has 0 bridgehead atoms. The Morgan fingerprint density at radius 2 is 1.75 bits per heavy atom. The molecule has 2 N–H and O–H groups in total. The summed E-state index contributed by atoms with van der Waals surface area (Å²) in [6.07, 6.45) is 2.71. The standard InChI is InChI=1S/C10H23NO/c1-8(2)12-9(3)6-7-10(4,5)11/h8-9H,6-7,11H2,1-5H3/t9-/m0/s1. The molecule has 0 spiro atoms. The Balaban J connectivity index is 3.51. The van der Waals surface area contributed by atoms with E-state index in [2.05, 4.69) is 34.6 Å². The zero-order valence-corrected chi connectivity index (χ0v) is 9.05. The maximum Gasteiger partial charge on any atom is 0.0551 e. The van der Waals surface area contributed by atoms with Gasteiger partial charge < -0.3 is 10.5 Å². The van der Waals surface area contributed by atoms with Gasteiger partial charge in [-0.05, 0) is 47.5 Å². The zero-order chi connectivity index (χ0) is 9.78. The van der Waals surface area contributed by atoms with E-state index in [4.69, 9.17) is 10.5 Å². The van der Waals surface area contributed by atoms with Crippen molar-refractivity contribution in [2.24, 2.45) is 5.73 Å². The fourth-order valence-corrected chi connectivity index (χ4v) is 1.11. The highest BCUT2D eigenvalue weighted by Gasteiger charge is 2.13. The van der Waals surface area contributed by atoms with Gasteiger partial charge in [0.1, 0.15) is 0 Å². The molecule has 0 aliphatic rings. The number of nitrogens with two attached hydrogens (primary N) is 1. The van der Waals surface area contributed by atoms with Gasteiger partial charge in [0.2, 0.25) is 0 Å². The summed E-state index contributed by atoms with van der Waals surface area (Å²) in [6.45, 7) is 10.3. The van der Waals surface area contributed by atoms with Gasteiger partial charge in [0.05, 0.1) is 12.2 Å². The molecule has 0 rings (SSSR count). The van der Waals surface area contributed by atoms with Gasteiger partial charge in [-0.1, -0.05) is 0 Å². The summed E-state index contributed by atoms with van der Waals surface area (Å²) >= 11 is 0. The van der Waals surface area contributed by atoms with Crippen molar-refractivity contribution in [2.75, 3.05) is 0 Å². The minimum Gasteiger partial charge on any atom is -0.376 e. The molecular formula is C10H23NO. The second-order valence-corrected chi connectivity index (χ2v) is 4.52. The summed E-state index contributed by atoms with van der Waals surface area (Å²) in [7, 11) is 0. The van der Waals surface area contributed by atoms with E-state index in [-0.39, 0.29) is 5.54 Å². The largest absolute Gasteiger partial charge is 0.376 e. The SMILES string of the molecule is CC(C)O[C@@H](C)CCC(C)(C)N. The molecule has 2 heteroatoms. The molecule has 74 valence electrons. The third-order valence-corrected chi connectivity index (χ3v) is 1.70. The highest BCUT2D eigenvalue weighted by atomic mass is 16.5. The lowest BCUT2D eigenvalue weighted by Crippen LogP contribution is -2.33. The van der Waals surface area contributed by atoms with Gasteiger partial charge in [-0.3, -0.25) is 0 Å². The second kappa shape index (κ2) is 4.83. The Kier molecular flexibility index (Phi) is 4.80. The number of ether oxygens (including phenoxy) is 1. The van der Waals surface area contributed by atoms with Gasteiger partial charge in [0.15, 0.2) is 0 Å². The molecule has 1 atom stereocenters. The smallest absolute Gasteiger partial charge is 0.0551 e. The predicted molar refractivity (Wildman–Crippen MR) is 53.2 cm³/mol. The quantitative estimate of drug-likeness (QED) is 0.692. The minimum atomic E-state index is -0.0609. The van der Waals surface area contributed by atoms with Gasteiger partial charge in [0.25, 0.3) is 0 Å². The summed E-state index contributed by atoms with van der Waals surface area (Å²) in [4.78, 5) is 0. The number of hydrogen-bond acceptors (Lipinski definition) is 2. The normalized spacial score (nSPS) is 15.2. The van der Waals surface area contributed by atoms with Crippen LogP contribution in [0.5, 0.6) is 0 Å². The summed E-state index contributed by atoms with van der Waals surface area (Å²) < 4.78 is 5.59. The first-order valence-electron chi connectivity index (χ1n) is 4.75. The summed E-state index contributed by atoms with van der Waals surface area (Å²) in [6, 6.07) is 0. The van der Waals surface area contributed by atoms with Gasteiger partial charge in [0, 0.05) is 5.54 Å². The minimum absolute atomic E-state index is 0.0609. The maximum absolute atomic E-state index is 5.86. The van der Waals surface area contributed by atoms with Crippen LogP contribution in [0, 0.1) is 0 Å². The molecule has 12 heavy (non-hydrogen) atoms. The Morgan fingerprint density at radius 1 is 1.25 bits per heavy atom. The molecule has 0 radical (unpaired) electrons. The highest BCUT2D eigenvalue weighted by molar-refractivity contribution is 4.72. The van der Waals surface area contributed by atoms with E-state index in [1.54, 1.807) is 0 Å². The predicted octanol–water partition coefficient (Wildman–Crippen LogP) is 2.32. The summed E-state index contributed by atoms with van der Waals surface area (Å²) in [5.74, 6) is 0. The van der Waals surface area contributed by atoms with Crippen molar-refractivity contribution in [1.82, 2.24) is 0 Å². The van der Waals surface area contributed by atoms with Crippen LogP contribution >= 0.6 is 0 Å². The topological polar surface area (TPSA) is 35.2 Å². The fourth-order valence-electron chi connectivity index (χ4n) is 1.11. The molecule has 0 amide bonds. The van der Waals surface area contributed by atoms with E-state index in [1.807, 2.05) is 0 Å². The van der Waals surface area contributed by atoms with Crippen molar-refractivity contribution < 1.29 is 4.74 Å². The molecule has 0 aromatic rings. The van der Waals surface area contributed by atoms with Crippen molar-refractivity contribution >= 4 is 0 Å². The molecule has 0 aromatic carbocycles. The van der Waals surface area contributed by atoms with Crippen molar-refractivity contribution in [3.63, 3.8) is 0 Å². The molecule has 0 saturated carbocycles. The first-order valence-corrected chi connectivity index (χ1v) is 4.75. The zero-order valence-electron chi connectivity index (χ0n) is 9.05. The van der Waals surface area contributed by atoms with E-state index in [1.165, 1.54) is 0 Å². The first-order chi connectivity index (χ1) is 5.31. The van der Waals surface area contributed by atoms with Crippen LogP contribution < -0.4 is 5.73 Å². The first kappa shape index (κ1) is 11.9. The Morgan fingerprint density at radius 3 is 2.08 bits per heavy atom. The number of hydrogen-bond donors (Lipinski definition) is 1. The Labute approximate surface area is 76.5 Å². The van der Waals surface area contributed by atoms with Crippen molar-refractivity contribution in [1.29, 1.82) is 0 Å². The molecule has 0 aromatic heterocycles. The van der Waals surface area contributed by atoms with Gasteiger partial charge in [-0.15, -0.1) is 0 Å². The molecule has 0 aliphatic carbocycles. The average molecular weight is 173 g/mol. The van der Waals surface area contributed by atoms with E-state index in [9.17, 15) is 0 Å². The monoisotopic (exact) mass is 173 g/mol. The van der Waals surface area contributed by atoms with Crippen LogP contribution in [0.4, 0.5) is 0 Å². The van der Waals surface area contributed by atoms with Crippen LogP contribution in [-0.2, 0) is 4.74 Å². The maximum atomic E-state index is 5.86. The van der Waals surface area contributed by atoms with Crippen molar-refractivity contribution in [3.8, 4) is 0 Å². The highest BCUT2D eigenvalue weighted by Crippen LogP contribution is 2.12. The van der Waals surface area contributed by atoms with Crippen LogP contribution in [0.3, 0.4) is 0 Å². The van der Waals surface area contributed by atoms with E-state index < -0.39 is 0 Å². The summed E-state index contributed by atoms with van der Waals surface area (Å²) in [5.41, 5.74) is 5.80. The molecule has 2 nitrogen and oxygen atoms in total. The van der Waals surface area contributed by atoms with Crippen LogP contribution in [0.25, 0.3) is 0 Å². The molecule has 0 saturated heterocycles. The van der Waals surface area contributed by atoms with Crippen LogP contribution in [-0.4, -0.2) is 17.7 Å². The summed E-state index contributed by atoms with van der Waals surface area (Å²) in [5, 5.41) is 0. The lowest BCUT2D eigenvalue weighted by Gasteiger charge is -2.22. The second-order valence-electron chi connectivity index (χ2n) is 4.52. The lowest BCUT2D eigenvalue weighted by atomic mass is 9.98. The van der Waals surface area contributed by atoms with Gasteiger partial charge in [-0.25, -0.2) is 0 Å². The molecule has 0 unspecified atom stereocenters. The number of rotatable bonds is 5. The van der Waals surface area contributed by atoms with Gasteiger partial charge in [-0.2, -0.15) is 0 Å². The van der Waals surface area contributed by atoms with Crippen LogP contribution in [0.15, 0.2) is 0 Å². The van der Waals surface area contributed by atoms with Gasteiger partial charge >= 0.3 is 0 Å². The van der Waals surface area contributed by atoms with Crippen molar-refractivity contribution in [3.05, 3.63) is 0 Å². The average Bonchev–Trinajstić information content (AvgIpc) is 1.80. The van der Waals surface area contributed by atoms with Crippen LogP contribution in [0.1, 0.15) is 47.5 Å². The third kappa shape index (κ3) is 8.02. The Hall–Kier alpha value is -0.0800. The van der Waals surface area contributed by atoms with E-state index >= 15 is 0 Å². The Bertz CT molecular complexity index is 115. The molecular weight excluding hydrogens is 150 g/mol. The molecule has 0 fully saturated rings. The van der Waals surface area contributed by atoms with Crippen LogP contribution in [0.2, 0.25) is 0 Å². The van der Waals surface area contributed by atoms with Crippen molar-refractivity contribution in [2.45, 2.75) is 65.2 Å². The fraction of sp³-hybridized carbons (Fsp3) is 1.00. The molecule has 0 heterocycles. The third-order valence-electron chi connectivity index (χ3n) is 1.70. The molecule has 0 aliphatic heterocycles. The van der Waals surface area contributed by atoms with E-state index in [0.717, 1.165) is 12.8 Å². The van der Waals surface area contributed by atoms with E-state index in [0.29, 0.717) is 12.2 Å². The lowest BCUT2D eigenvalue weighted by molar-refractivity contribution is 0.0109.